The molecule has 0 spiro atoms. The van der Waals surface area contributed by atoms with Gasteiger partial charge in [0.2, 0.25) is 0 Å². The second-order valence-electron chi connectivity index (χ2n) is 3.29. The number of hydrogen-bond acceptors (Lipinski definition) is 1. The van der Waals surface area contributed by atoms with E-state index in [0.29, 0.717) is 0 Å². The van der Waals surface area contributed by atoms with Crippen LogP contribution >= 0.6 is 0 Å². The van der Waals surface area contributed by atoms with Gasteiger partial charge < -0.3 is 0 Å². The molecule has 0 aliphatic heterocycles. The maximum atomic E-state index is 5.61. The highest BCUT2D eigenvalue weighted by Crippen LogP contribution is 2.15. The van der Waals surface area contributed by atoms with Crippen molar-refractivity contribution in [1.29, 1.82) is 0 Å². The number of hydrogen-bond donors (Lipinski definition) is 0. The Bertz CT molecular complexity index is 434. The highest BCUT2D eigenvalue weighted by Gasteiger charge is 1.97. The van der Waals surface area contributed by atoms with Crippen molar-refractivity contribution >= 4 is 13.3 Å². The van der Waals surface area contributed by atoms with E-state index in [2.05, 4.69) is 4.98 Å². The zero-order chi connectivity index (χ0) is 9.97. The molecule has 2 heteroatoms. The van der Waals surface area contributed by atoms with Crippen molar-refractivity contribution in [1.82, 2.24) is 4.98 Å². The van der Waals surface area contributed by atoms with Gasteiger partial charge in [0, 0.05) is 11.3 Å². The number of benzene rings is 1. The standard InChI is InChI=1S/C12H10BN/c1-9-3-2-4-12(14-9)10-5-7-11(13)8-6-10/h2-8H,1H3. The smallest absolute Gasteiger partial charge is 0.113 e. The van der Waals surface area contributed by atoms with Crippen molar-refractivity contribution in [2.24, 2.45) is 0 Å². The van der Waals surface area contributed by atoms with Crippen LogP contribution in [0.5, 0.6) is 0 Å². The lowest BCUT2D eigenvalue weighted by atomic mass is 9.95. The van der Waals surface area contributed by atoms with E-state index in [1.807, 2.05) is 49.4 Å². The Morgan fingerprint density at radius 2 is 1.71 bits per heavy atom. The second-order valence-corrected chi connectivity index (χ2v) is 3.29. The molecule has 0 fully saturated rings. The van der Waals surface area contributed by atoms with Crippen LogP contribution in [0.3, 0.4) is 0 Å². The van der Waals surface area contributed by atoms with Gasteiger partial charge in [0.1, 0.15) is 7.85 Å². The summed E-state index contributed by atoms with van der Waals surface area (Å²) in [5.41, 5.74) is 3.90. The van der Waals surface area contributed by atoms with E-state index in [-0.39, 0.29) is 0 Å². The third-order valence-electron chi connectivity index (χ3n) is 2.09. The molecule has 1 aromatic heterocycles. The normalized spacial score (nSPS) is 10.1. The Morgan fingerprint density at radius 1 is 1.00 bits per heavy atom. The van der Waals surface area contributed by atoms with Crippen molar-refractivity contribution < 1.29 is 0 Å². The van der Waals surface area contributed by atoms with Crippen LogP contribution in [0.15, 0.2) is 42.5 Å². The molecular weight excluding hydrogens is 169 g/mol. The van der Waals surface area contributed by atoms with E-state index in [1.54, 1.807) is 0 Å². The third-order valence-corrected chi connectivity index (χ3v) is 2.09. The summed E-state index contributed by atoms with van der Waals surface area (Å²) >= 11 is 0. The summed E-state index contributed by atoms with van der Waals surface area (Å²) in [7, 11) is 5.61. The molecule has 0 amide bonds. The van der Waals surface area contributed by atoms with Gasteiger partial charge >= 0.3 is 0 Å². The van der Waals surface area contributed by atoms with Crippen LogP contribution in [-0.4, -0.2) is 12.8 Å². The topological polar surface area (TPSA) is 12.9 Å². The zero-order valence-electron chi connectivity index (χ0n) is 8.07. The Balaban J connectivity index is 2.44. The van der Waals surface area contributed by atoms with Crippen molar-refractivity contribution in [3.8, 4) is 11.3 Å². The maximum Gasteiger partial charge on any atom is 0.113 e. The molecule has 0 atom stereocenters. The molecule has 14 heavy (non-hydrogen) atoms. The van der Waals surface area contributed by atoms with Gasteiger partial charge in [-0.1, -0.05) is 35.8 Å². The Morgan fingerprint density at radius 3 is 2.36 bits per heavy atom. The van der Waals surface area contributed by atoms with Gasteiger partial charge in [-0.05, 0) is 19.1 Å². The first-order valence-electron chi connectivity index (χ1n) is 4.55. The first-order valence-corrected chi connectivity index (χ1v) is 4.55. The quantitative estimate of drug-likeness (QED) is 0.608. The molecule has 1 nitrogen and oxygen atoms in total. The van der Waals surface area contributed by atoms with Gasteiger partial charge in [0.25, 0.3) is 0 Å². The minimum atomic E-state index is 0.779. The first-order chi connectivity index (χ1) is 6.75. The zero-order valence-corrected chi connectivity index (χ0v) is 8.07. The predicted octanol–water partition coefficient (Wildman–Crippen LogP) is 1.85. The second kappa shape index (κ2) is 3.66. The lowest BCUT2D eigenvalue weighted by Crippen LogP contribution is -1.99. The monoisotopic (exact) mass is 179 g/mol. The van der Waals surface area contributed by atoms with Gasteiger partial charge in [-0.3, -0.25) is 4.98 Å². The Hall–Kier alpha value is -1.57. The van der Waals surface area contributed by atoms with Crippen LogP contribution in [0.2, 0.25) is 0 Å². The molecule has 0 aliphatic rings. The third kappa shape index (κ3) is 1.85. The lowest BCUT2D eigenvalue weighted by molar-refractivity contribution is 1.21. The summed E-state index contributed by atoms with van der Waals surface area (Å²) < 4.78 is 0. The molecule has 2 rings (SSSR count). The molecule has 2 aromatic rings. The van der Waals surface area contributed by atoms with Gasteiger partial charge in [-0.25, -0.2) is 0 Å². The molecule has 0 saturated heterocycles. The maximum absolute atomic E-state index is 5.61. The fourth-order valence-corrected chi connectivity index (χ4v) is 1.36. The van der Waals surface area contributed by atoms with Gasteiger partial charge in [-0.2, -0.15) is 0 Å². The molecule has 0 unspecified atom stereocenters. The van der Waals surface area contributed by atoms with E-state index in [4.69, 9.17) is 7.85 Å². The molecule has 0 saturated carbocycles. The number of aromatic nitrogens is 1. The van der Waals surface area contributed by atoms with Crippen molar-refractivity contribution in [2.75, 3.05) is 0 Å². The fraction of sp³-hybridized carbons (Fsp3) is 0.0833. The highest BCUT2D eigenvalue weighted by molar-refractivity contribution is 6.32. The molecule has 0 bridgehead atoms. The number of nitrogens with zero attached hydrogens (tertiary/aromatic N) is 1. The SMILES string of the molecule is [B]c1ccc(-c2cccc(C)n2)cc1. The van der Waals surface area contributed by atoms with Crippen LogP contribution in [0.1, 0.15) is 5.69 Å². The van der Waals surface area contributed by atoms with E-state index >= 15 is 0 Å². The summed E-state index contributed by atoms with van der Waals surface area (Å²) in [5, 5.41) is 0. The van der Waals surface area contributed by atoms with Crippen molar-refractivity contribution in [2.45, 2.75) is 6.92 Å². The molecule has 2 radical (unpaired) electrons. The number of rotatable bonds is 1. The summed E-state index contributed by atoms with van der Waals surface area (Å²) in [6, 6.07) is 13.7. The van der Waals surface area contributed by atoms with E-state index in [1.165, 1.54) is 0 Å². The van der Waals surface area contributed by atoms with Crippen LogP contribution < -0.4 is 5.46 Å². The van der Waals surface area contributed by atoms with Crippen LogP contribution in [-0.2, 0) is 0 Å². The molecular formula is C12H10BN. The van der Waals surface area contributed by atoms with Gasteiger partial charge in [0.15, 0.2) is 0 Å². The summed E-state index contributed by atoms with van der Waals surface area (Å²) in [5.74, 6) is 0. The highest BCUT2D eigenvalue weighted by atomic mass is 14.7. The minimum Gasteiger partial charge on any atom is -0.253 e. The average Bonchev–Trinajstić information content (AvgIpc) is 2.19. The van der Waals surface area contributed by atoms with E-state index in [0.717, 1.165) is 22.4 Å². The van der Waals surface area contributed by atoms with Crippen LogP contribution in [0.25, 0.3) is 11.3 Å². The number of pyridine rings is 1. The minimum absolute atomic E-state index is 0.779. The molecule has 1 aromatic carbocycles. The predicted molar refractivity (Wildman–Crippen MR) is 59.8 cm³/mol. The van der Waals surface area contributed by atoms with Gasteiger partial charge in [0.05, 0.1) is 5.69 Å². The molecule has 0 aliphatic carbocycles. The Labute approximate surface area is 85.2 Å². The van der Waals surface area contributed by atoms with Crippen molar-refractivity contribution in [3.05, 3.63) is 48.2 Å². The molecule has 0 N–H and O–H groups in total. The van der Waals surface area contributed by atoms with Crippen LogP contribution in [0, 0.1) is 6.92 Å². The fourth-order valence-electron chi connectivity index (χ4n) is 1.36. The van der Waals surface area contributed by atoms with Crippen molar-refractivity contribution in [3.63, 3.8) is 0 Å². The van der Waals surface area contributed by atoms with E-state index < -0.39 is 0 Å². The summed E-state index contributed by atoms with van der Waals surface area (Å²) in [6.45, 7) is 1.99. The van der Waals surface area contributed by atoms with E-state index in [9.17, 15) is 0 Å². The summed E-state index contributed by atoms with van der Waals surface area (Å²) in [4.78, 5) is 4.43. The first kappa shape index (κ1) is 9.01. The van der Waals surface area contributed by atoms with Gasteiger partial charge in [-0.15, -0.1) is 0 Å². The molecule has 66 valence electrons. The largest absolute Gasteiger partial charge is 0.253 e. The van der Waals surface area contributed by atoms with Crippen LogP contribution in [0.4, 0.5) is 0 Å². The lowest BCUT2D eigenvalue weighted by Gasteiger charge is -2.02. The molecule has 1 heterocycles. The Kier molecular flexibility index (Phi) is 2.36. The summed E-state index contributed by atoms with van der Waals surface area (Å²) in [6.07, 6.45) is 0. The average molecular weight is 179 g/mol. The number of aryl methyl sites for hydroxylation is 1.